The topological polar surface area (TPSA) is 15.7 Å². The molecule has 0 spiro atoms. The number of likely N-dealkylation sites (tertiary alicyclic amines) is 1. The number of methoxy groups -OCH3 is 1. The minimum Gasteiger partial charge on any atom is -0.497 e. The zero-order chi connectivity index (χ0) is 13.6. The lowest BCUT2D eigenvalue weighted by Gasteiger charge is -2.34. The van der Waals surface area contributed by atoms with Crippen molar-refractivity contribution in [1.82, 2.24) is 4.90 Å². The second-order valence-corrected chi connectivity index (χ2v) is 5.82. The van der Waals surface area contributed by atoms with Crippen molar-refractivity contribution in [2.24, 2.45) is 0 Å². The number of ether oxygens (including phenoxy) is 1. The van der Waals surface area contributed by atoms with Crippen LogP contribution in [0.15, 0.2) is 30.9 Å². The molecule has 2 heterocycles. The van der Waals surface area contributed by atoms with E-state index in [2.05, 4.69) is 48.5 Å². The van der Waals surface area contributed by atoms with Crippen molar-refractivity contribution in [3.63, 3.8) is 0 Å². The first-order chi connectivity index (χ1) is 9.11. The Hall–Kier alpha value is -1.48. The first kappa shape index (κ1) is 12.5. The van der Waals surface area contributed by atoms with Gasteiger partial charge in [-0.05, 0) is 30.2 Å². The SMILES string of the molecule is C=CCN1CC[C@@]2(C)c3cc(OC)ccc3N(C)C12. The van der Waals surface area contributed by atoms with E-state index < -0.39 is 0 Å². The number of fused-ring (bicyclic) bond motifs is 3. The molecule has 0 radical (unpaired) electrons. The molecule has 3 rings (SSSR count). The lowest BCUT2D eigenvalue weighted by atomic mass is 9.81. The molecule has 0 bridgehead atoms. The Labute approximate surface area is 115 Å². The van der Waals surface area contributed by atoms with Crippen molar-refractivity contribution in [3.05, 3.63) is 36.4 Å². The number of rotatable bonds is 3. The maximum absolute atomic E-state index is 5.39. The highest BCUT2D eigenvalue weighted by molar-refractivity contribution is 5.66. The van der Waals surface area contributed by atoms with Gasteiger partial charge in [-0.1, -0.05) is 13.0 Å². The van der Waals surface area contributed by atoms with E-state index in [9.17, 15) is 0 Å². The van der Waals surface area contributed by atoms with Crippen LogP contribution < -0.4 is 9.64 Å². The molecular weight excluding hydrogens is 236 g/mol. The van der Waals surface area contributed by atoms with Crippen LogP contribution in [0.4, 0.5) is 5.69 Å². The molecule has 1 aromatic rings. The number of benzene rings is 1. The standard InChI is InChI=1S/C16H22N2O/c1-5-9-18-10-8-16(2)13-11-12(19-4)6-7-14(13)17(3)15(16)18/h5-7,11,15H,1,8-10H2,2-4H3/t15?,16-/m0/s1. The van der Waals surface area contributed by atoms with Crippen LogP contribution in [-0.4, -0.2) is 38.3 Å². The van der Waals surface area contributed by atoms with Crippen molar-refractivity contribution in [2.75, 3.05) is 32.1 Å². The maximum Gasteiger partial charge on any atom is 0.119 e. The van der Waals surface area contributed by atoms with Gasteiger partial charge in [0, 0.05) is 31.2 Å². The van der Waals surface area contributed by atoms with Gasteiger partial charge in [-0.2, -0.15) is 0 Å². The Morgan fingerprint density at radius 2 is 2.32 bits per heavy atom. The maximum atomic E-state index is 5.39. The summed E-state index contributed by atoms with van der Waals surface area (Å²) in [6, 6.07) is 6.45. The largest absolute Gasteiger partial charge is 0.497 e. The summed E-state index contributed by atoms with van der Waals surface area (Å²) in [7, 11) is 3.93. The second-order valence-electron chi connectivity index (χ2n) is 5.82. The van der Waals surface area contributed by atoms with Gasteiger partial charge in [-0.15, -0.1) is 6.58 Å². The molecule has 2 aliphatic heterocycles. The van der Waals surface area contributed by atoms with Crippen LogP contribution in [0.25, 0.3) is 0 Å². The van der Waals surface area contributed by atoms with E-state index in [0.29, 0.717) is 6.17 Å². The molecule has 1 unspecified atom stereocenters. The van der Waals surface area contributed by atoms with E-state index in [1.54, 1.807) is 7.11 Å². The van der Waals surface area contributed by atoms with Crippen molar-refractivity contribution >= 4 is 5.69 Å². The van der Waals surface area contributed by atoms with Crippen LogP contribution in [0.5, 0.6) is 5.75 Å². The molecule has 2 atom stereocenters. The zero-order valence-corrected chi connectivity index (χ0v) is 12.0. The Morgan fingerprint density at radius 1 is 1.53 bits per heavy atom. The van der Waals surface area contributed by atoms with E-state index in [0.717, 1.165) is 18.8 Å². The van der Waals surface area contributed by atoms with Gasteiger partial charge in [0.1, 0.15) is 5.75 Å². The highest BCUT2D eigenvalue weighted by Crippen LogP contribution is 2.52. The van der Waals surface area contributed by atoms with Gasteiger partial charge < -0.3 is 9.64 Å². The van der Waals surface area contributed by atoms with E-state index >= 15 is 0 Å². The predicted molar refractivity (Wildman–Crippen MR) is 78.9 cm³/mol. The fourth-order valence-electron chi connectivity index (χ4n) is 3.87. The van der Waals surface area contributed by atoms with Crippen molar-refractivity contribution < 1.29 is 4.74 Å². The highest BCUT2D eigenvalue weighted by atomic mass is 16.5. The molecule has 0 aromatic heterocycles. The third-order valence-corrected chi connectivity index (χ3v) is 4.76. The summed E-state index contributed by atoms with van der Waals surface area (Å²) < 4.78 is 5.39. The number of nitrogens with zero attached hydrogens (tertiary/aromatic N) is 2. The molecule has 19 heavy (non-hydrogen) atoms. The summed E-state index contributed by atoms with van der Waals surface area (Å²) >= 11 is 0. The number of hydrogen-bond donors (Lipinski definition) is 0. The average molecular weight is 258 g/mol. The van der Waals surface area contributed by atoms with Gasteiger partial charge in [-0.3, -0.25) is 4.90 Å². The molecular formula is C16H22N2O. The molecule has 2 aliphatic rings. The van der Waals surface area contributed by atoms with Crippen LogP contribution in [0, 0.1) is 0 Å². The van der Waals surface area contributed by atoms with E-state index in [1.807, 2.05) is 6.08 Å². The van der Waals surface area contributed by atoms with E-state index in [4.69, 9.17) is 4.74 Å². The lowest BCUT2D eigenvalue weighted by molar-refractivity contribution is 0.245. The molecule has 0 amide bonds. The Morgan fingerprint density at radius 3 is 3.00 bits per heavy atom. The van der Waals surface area contributed by atoms with Gasteiger partial charge in [0.25, 0.3) is 0 Å². The molecule has 3 heteroatoms. The van der Waals surface area contributed by atoms with Crippen molar-refractivity contribution in [3.8, 4) is 5.75 Å². The zero-order valence-electron chi connectivity index (χ0n) is 12.0. The third-order valence-electron chi connectivity index (χ3n) is 4.76. The number of likely N-dealkylation sites (N-methyl/N-ethyl adjacent to an activating group) is 1. The molecule has 1 fully saturated rings. The molecule has 0 aliphatic carbocycles. The van der Waals surface area contributed by atoms with Gasteiger partial charge in [0.2, 0.25) is 0 Å². The molecule has 102 valence electrons. The molecule has 1 saturated heterocycles. The summed E-state index contributed by atoms with van der Waals surface area (Å²) in [5, 5.41) is 0. The summed E-state index contributed by atoms with van der Waals surface area (Å²) in [6.07, 6.45) is 3.63. The summed E-state index contributed by atoms with van der Waals surface area (Å²) in [5.41, 5.74) is 2.95. The fraction of sp³-hybridized carbons (Fsp3) is 0.500. The van der Waals surface area contributed by atoms with Gasteiger partial charge in [-0.25, -0.2) is 0 Å². The van der Waals surface area contributed by atoms with Crippen LogP contribution in [0.1, 0.15) is 18.9 Å². The number of hydrogen-bond acceptors (Lipinski definition) is 3. The summed E-state index contributed by atoms with van der Waals surface area (Å²) in [6.45, 7) is 8.35. The van der Waals surface area contributed by atoms with Crippen LogP contribution in [0.3, 0.4) is 0 Å². The minimum atomic E-state index is 0.196. The Bertz CT molecular complexity index is 513. The predicted octanol–water partition coefficient (Wildman–Crippen LogP) is 2.62. The van der Waals surface area contributed by atoms with Crippen LogP contribution in [-0.2, 0) is 5.41 Å². The summed E-state index contributed by atoms with van der Waals surface area (Å²) in [5.74, 6) is 0.955. The van der Waals surface area contributed by atoms with Crippen molar-refractivity contribution in [2.45, 2.75) is 24.9 Å². The summed E-state index contributed by atoms with van der Waals surface area (Å²) in [4.78, 5) is 4.92. The van der Waals surface area contributed by atoms with Gasteiger partial charge >= 0.3 is 0 Å². The minimum absolute atomic E-state index is 0.196. The monoisotopic (exact) mass is 258 g/mol. The molecule has 0 saturated carbocycles. The average Bonchev–Trinajstić information content (AvgIpc) is 2.85. The van der Waals surface area contributed by atoms with Gasteiger partial charge in [0.15, 0.2) is 0 Å². The Balaban J connectivity index is 2.06. The first-order valence-corrected chi connectivity index (χ1v) is 6.88. The van der Waals surface area contributed by atoms with Crippen molar-refractivity contribution in [1.29, 1.82) is 0 Å². The highest BCUT2D eigenvalue weighted by Gasteiger charge is 2.52. The Kier molecular flexibility index (Phi) is 2.82. The molecule has 0 N–H and O–H groups in total. The van der Waals surface area contributed by atoms with E-state index in [-0.39, 0.29) is 5.41 Å². The lowest BCUT2D eigenvalue weighted by Crippen LogP contribution is -2.47. The molecule has 1 aromatic carbocycles. The van der Waals surface area contributed by atoms with Gasteiger partial charge in [0.05, 0.1) is 13.3 Å². The quantitative estimate of drug-likeness (QED) is 0.775. The normalized spacial score (nSPS) is 29.2. The third kappa shape index (κ3) is 1.61. The van der Waals surface area contributed by atoms with Crippen LogP contribution in [0.2, 0.25) is 0 Å². The molecule has 3 nitrogen and oxygen atoms in total. The smallest absolute Gasteiger partial charge is 0.119 e. The first-order valence-electron chi connectivity index (χ1n) is 6.88. The van der Waals surface area contributed by atoms with E-state index in [1.165, 1.54) is 17.7 Å². The number of anilines is 1. The fourth-order valence-corrected chi connectivity index (χ4v) is 3.87. The van der Waals surface area contributed by atoms with Crippen LogP contribution >= 0.6 is 0 Å². The second kappa shape index (κ2) is 4.27.